The van der Waals surface area contributed by atoms with Crippen LogP contribution in [0.1, 0.15) is 25.5 Å². The molecule has 0 aliphatic carbocycles. The first-order valence-corrected chi connectivity index (χ1v) is 10.9. The molecule has 170 valence electrons. The fourth-order valence-corrected chi connectivity index (χ4v) is 5.55. The first-order chi connectivity index (χ1) is 14.7. The second kappa shape index (κ2) is 7.57. The van der Waals surface area contributed by atoms with Crippen molar-refractivity contribution >= 4 is 22.6 Å². The predicted octanol–water partition coefficient (Wildman–Crippen LogP) is 1.51. The van der Waals surface area contributed by atoms with Crippen LogP contribution < -0.4 is 0 Å². The number of halogens is 3. The van der Waals surface area contributed by atoms with Crippen LogP contribution in [-0.2, 0) is 4.74 Å². The number of likely N-dealkylation sites (tertiary alicyclic amines) is 2. The normalized spacial score (nSPS) is 33.6. The van der Waals surface area contributed by atoms with E-state index in [4.69, 9.17) is 16.3 Å². The van der Waals surface area contributed by atoms with Gasteiger partial charge in [-0.3, -0.25) is 4.90 Å². The zero-order chi connectivity index (χ0) is 22.0. The summed E-state index contributed by atoms with van der Waals surface area (Å²) >= 11 is 6.11. The van der Waals surface area contributed by atoms with Crippen LogP contribution in [0, 0.1) is 0 Å². The van der Waals surface area contributed by atoms with Gasteiger partial charge in [0.25, 0.3) is 5.92 Å². The summed E-state index contributed by atoms with van der Waals surface area (Å²) in [6, 6.07) is 1.71. The number of aliphatic hydroxyl groups excluding tert-OH is 2. The molecule has 0 unspecified atom stereocenters. The van der Waals surface area contributed by atoms with Crippen molar-refractivity contribution in [1.82, 2.24) is 24.3 Å². The van der Waals surface area contributed by atoms with Crippen LogP contribution in [0.3, 0.4) is 0 Å². The standard InChI is InChI=1S/C20H26ClF2N5O3/c1-26-6-3-19(4-7-26)9-20(22,23)10-27(19)8-13-14(29)15(30)18(31-13)28-5-2-12-16(21)24-11-25-17(12)28/h2,5,11,13-15,18,29-30H,3-4,6-10H2,1H3/t13-,14-,15-,18-/m1/s1. The van der Waals surface area contributed by atoms with E-state index in [0.717, 1.165) is 13.1 Å². The fraction of sp³-hybridized carbons (Fsp3) is 0.700. The number of hydrogen-bond donors (Lipinski definition) is 2. The number of piperidine rings is 1. The number of alkyl halides is 2. The SMILES string of the molecule is CN1CCC2(CC1)CC(F)(F)CN2C[C@H]1O[C@@H](n2ccc3c(Cl)ncnc32)[C@H](O)[C@@H]1O. The molecule has 3 aliphatic heterocycles. The van der Waals surface area contributed by atoms with Gasteiger partial charge in [-0.1, -0.05) is 11.6 Å². The average molecular weight is 458 g/mol. The molecular weight excluding hydrogens is 432 g/mol. The molecule has 0 aromatic carbocycles. The third kappa shape index (κ3) is 3.63. The van der Waals surface area contributed by atoms with E-state index in [-0.39, 0.29) is 24.7 Å². The van der Waals surface area contributed by atoms with Gasteiger partial charge in [-0.2, -0.15) is 0 Å². The molecule has 3 aliphatic rings. The lowest BCUT2D eigenvalue weighted by Crippen LogP contribution is -2.54. The minimum Gasteiger partial charge on any atom is -0.387 e. The second-order valence-corrected chi connectivity index (χ2v) is 9.47. The summed E-state index contributed by atoms with van der Waals surface area (Å²) in [5.74, 6) is -2.78. The van der Waals surface area contributed by atoms with E-state index in [2.05, 4.69) is 14.9 Å². The number of fused-ring (bicyclic) bond motifs is 1. The molecule has 2 aromatic heterocycles. The zero-order valence-electron chi connectivity index (χ0n) is 17.2. The van der Waals surface area contributed by atoms with Crippen molar-refractivity contribution in [3.8, 4) is 0 Å². The Morgan fingerprint density at radius 2 is 1.97 bits per heavy atom. The zero-order valence-corrected chi connectivity index (χ0v) is 17.9. The van der Waals surface area contributed by atoms with Crippen molar-refractivity contribution in [2.24, 2.45) is 0 Å². The van der Waals surface area contributed by atoms with Gasteiger partial charge in [0.2, 0.25) is 0 Å². The van der Waals surface area contributed by atoms with Crippen molar-refractivity contribution in [3.05, 3.63) is 23.7 Å². The first-order valence-electron chi connectivity index (χ1n) is 10.5. The van der Waals surface area contributed by atoms with Gasteiger partial charge < -0.3 is 24.4 Å². The van der Waals surface area contributed by atoms with Gasteiger partial charge in [0, 0.05) is 24.7 Å². The maximum Gasteiger partial charge on any atom is 0.262 e. The lowest BCUT2D eigenvalue weighted by atomic mass is 9.84. The predicted molar refractivity (Wildman–Crippen MR) is 109 cm³/mol. The molecule has 0 bridgehead atoms. The van der Waals surface area contributed by atoms with Gasteiger partial charge in [-0.15, -0.1) is 0 Å². The molecule has 3 fully saturated rings. The lowest BCUT2D eigenvalue weighted by molar-refractivity contribution is -0.0583. The Labute approximate surface area is 183 Å². The van der Waals surface area contributed by atoms with Gasteiger partial charge in [-0.25, -0.2) is 18.7 Å². The number of rotatable bonds is 3. The summed E-state index contributed by atoms with van der Waals surface area (Å²) in [6.45, 7) is 1.27. The fourth-order valence-electron chi connectivity index (χ4n) is 5.35. The van der Waals surface area contributed by atoms with E-state index < -0.39 is 36.0 Å². The lowest BCUT2D eigenvalue weighted by Gasteiger charge is -2.44. The van der Waals surface area contributed by atoms with Crippen molar-refractivity contribution in [2.75, 3.05) is 33.2 Å². The van der Waals surface area contributed by atoms with Gasteiger partial charge in [0.1, 0.15) is 35.4 Å². The summed E-state index contributed by atoms with van der Waals surface area (Å²) in [6.07, 6.45) is -0.0657. The molecule has 5 heterocycles. The smallest absolute Gasteiger partial charge is 0.262 e. The highest BCUT2D eigenvalue weighted by Gasteiger charge is 2.57. The number of aromatic nitrogens is 3. The van der Waals surface area contributed by atoms with Gasteiger partial charge in [-0.05, 0) is 39.0 Å². The Kier molecular flexibility index (Phi) is 5.23. The minimum absolute atomic E-state index is 0.128. The van der Waals surface area contributed by atoms with Gasteiger partial charge in [0.05, 0.1) is 11.9 Å². The molecular formula is C20H26ClF2N5O3. The molecule has 2 aromatic rings. The summed E-state index contributed by atoms with van der Waals surface area (Å²) in [5.41, 5.74) is -0.139. The quantitative estimate of drug-likeness (QED) is 0.675. The monoisotopic (exact) mass is 457 g/mol. The first kappa shape index (κ1) is 21.4. The second-order valence-electron chi connectivity index (χ2n) is 9.11. The molecule has 4 atom stereocenters. The Balaban J connectivity index is 1.38. The number of ether oxygens (including phenoxy) is 1. The van der Waals surface area contributed by atoms with Crippen LogP contribution in [0.5, 0.6) is 0 Å². The third-order valence-corrected chi connectivity index (χ3v) is 7.37. The van der Waals surface area contributed by atoms with Crippen LogP contribution in [-0.4, -0.2) is 97.5 Å². The van der Waals surface area contributed by atoms with Gasteiger partial charge >= 0.3 is 0 Å². The molecule has 11 heteroatoms. The number of nitrogens with zero attached hydrogens (tertiary/aromatic N) is 5. The Bertz CT molecular complexity index is 967. The van der Waals surface area contributed by atoms with Crippen LogP contribution in [0.4, 0.5) is 8.78 Å². The summed E-state index contributed by atoms with van der Waals surface area (Å²) in [4.78, 5) is 12.1. The van der Waals surface area contributed by atoms with Crippen molar-refractivity contribution in [3.63, 3.8) is 0 Å². The van der Waals surface area contributed by atoms with E-state index in [1.807, 2.05) is 7.05 Å². The molecule has 31 heavy (non-hydrogen) atoms. The van der Waals surface area contributed by atoms with Crippen LogP contribution >= 0.6 is 11.6 Å². The highest BCUT2D eigenvalue weighted by molar-refractivity contribution is 6.33. The molecule has 8 nitrogen and oxygen atoms in total. The third-order valence-electron chi connectivity index (χ3n) is 7.07. The molecule has 5 rings (SSSR count). The highest BCUT2D eigenvalue weighted by atomic mass is 35.5. The summed E-state index contributed by atoms with van der Waals surface area (Å²) in [5, 5.41) is 22.3. The topological polar surface area (TPSA) is 86.9 Å². The van der Waals surface area contributed by atoms with Crippen LogP contribution in [0.15, 0.2) is 18.6 Å². The van der Waals surface area contributed by atoms with E-state index in [1.165, 1.54) is 6.33 Å². The van der Waals surface area contributed by atoms with E-state index in [9.17, 15) is 19.0 Å². The Morgan fingerprint density at radius 3 is 2.71 bits per heavy atom. The number of aliphatic hydroxyl groups is 2. The largest absolute Gasteiger partial charge is 0.387 e. The minimum atomic E-state index is -2.78. The van der Waals surface area contributed by atoms with Crippen molar-refractivity contribution < 1.29 is 23.7 Å². The van der Waals surface area contributed by atoms with Crippen LogP contribution in [0.25, 0.3) is 11.0 Å². The maximum atomic E-state index is 14.4. The summed E-state index contributed by atoms with van der Waals surface area (Å²) in [7, 11) is 1.99. The molecule has 3 saturated heterocycles. The van der Waals surface area contributed by atoms with Gasteiger partial charge in [0.15, 0.2) is 6.23 Å². The average Bonchev–Trinajstić information content (AvgIpc) is 3.34. The Hall–Kier alpha value is -1.43. The van der Waals surface area contributed by atoms with Crippen LogP contribution in [0.2, 0.25) is 5.15 Å². The number of hydrogen-bond acceptors (Lipinski definition) is 7. The van der Waals surface area contributed by atoms with E-state index >= 15 is 0 Å². The molecule has 2 N–H and O–H groups in total. The molecule has 1 spiro atoms. The Morgan fingerprint density at radius 1 is 1.23 bits per heavy atom. The van der Waals surface area contributed by atoms with E-state index in [1.54, 1.807) is 21.7 Å². The molecule has 0 saturated carbocycles. The van der Waals surface area contributed by atoms with Crippen molar-refractivity contribution in [2.45, 2.75) is 55.3 Å². The maximum absolute atomic E-state index is 14.4. The molecule has 0 radical (unpaired) electrons. The molecule has 0 amide bonds. The highest BCUT2D eigenvalue weighted by Crippen LogP contribution is 2.46. The summed E-state index contributed by atoms with van der Waals surface area (Å²) < 4.78 is 36.5. The van der Waals surface area contributed by atoms with E-state index in [0.29, 0.717) is 23.9 Å². The van der Waals surface area contributed by atoms with Crippen molar-refractivity contribution in [1.29, 1.82) is 0 Å².